The Balaban J connectivity index is 1.74. The number of para-hydroxylation sites is 2. The normalized spacial score (nSPS) is 10.4. The number of carbonyl (C=O) groups is 1. The minimum absolute atomic E-state index is 0.159. The number of hydrogen-bond acceptors (Lipinski definition) is 4. The van der Waals surface area contributed by atoms with Gasteiger partial charge >= 0.3 is 0 Å². The van der Waals surface area contributed by atoms with Crippen molar-refractivity contribution < 1.29 is 4.79 Å². The van der Waals surface area contributed by atoms with E-state index in [1.165, 1.54) is 12.4 Å². The third-order valence-corrected chi connectivity index (χ3v) is 4.12. The minimum Gasteiger partial charge on any atom is -0.339 e. The number of anilines is 3. The van der Waals surface area contributed by atoms with Crippen LogP contribution in [0.1, 0.15) is 16.1 Å². The van der Waals surface area contributed by atoms with Crippen molar-refractivity contribution in [2.75, 3.05) is 10.6 Å². The van der Waals surface area contributed by atoms with E-state index in [-0.39, 0.29) is 5.69 Å². The average Bonchev–Trinajstić information content (AvgIpc) is 2.61. The van der Waals surface area contributed by atoms with Crippen LogP contribution in [0.15, 0.2) is 54.9 Å². The summed E-state index contributed by atoms with van der Waals surface area (Å²) in [6.45, 7) is 1.99. The first kappa shape index (κ1) is 17.2. The number of nitrogens with zero attached hydrogens (tertiary/aromatic N) is 2. The number of rotatable bonds is 4. The maximum Gasteiger partial charge on any atom is 0.275 e. The molecule has 5 nitrogen and oxygen atoms in total. The zero-order valence-corrected chi connectivity index (χ0v) is 14.8. The summed E-state index contributed by atoms with van der Waals surface area (Å²) in [6, 6.07) is 12.8. The Hall–Kier alpha value is -2.63. The molecule has 1 aromatic heterocycles. The maximum absolute atomic E-state index is 12.3. The van der Waals surface area contributed by atoms with Gasteiger partial charge in [0.25, 0.3) is 5.91 Å². The van der Waals surface area contributed by atoms with Gasteiger partial charge in [0, 0.05) is 5.69 Å². The molecule has 3 rings (SSSR count). The van der Waals surface area contributed by atoms with Gasteiger partial charge in [-0.3, -0.25) is 4.79 Å². The fourth-order valence-corrected chi connectivity index (χ4v) is 2.65. The monoisotopic (exact) mass is 372 g/mol. The van der Waals surface area contributed by atoms with Gasteiger partial charge in [-0.25, -0.2) is 9.97 Å². The van der Waals surface area contributed by atoms with Crippen molar-refractivity contribution in [2.24, 2.45) is 0 Å². The zero-order chi connectivity index (χ0) is 17.8. The maximum atomic E-state index is 12.3. The highest BCUT2D eigenvalue weighted by Crippen LogP contribution is 2.30. The number of aryl methyl sites for hydroxylation is 1. The second kappa shape index (κ2) is 7.51. The number of benzene rings is 2. The molecule has 7 heteroatoms. The van der Waals surface area contributed by atoms with Gasteiger partial charge in [0.2, 0.25) is 0 Å². The van der Waals surface area contributed by atoms with Crippen molar-refractivity contribution >= 4 is 46.3 Å². The molecule has 25 heavy (non-hydrogen) atoms. The molecule has 0 aliphatic rings. The fraction of sp³-hybridized carbons (Fsp3) is 0.0556. The van der Waals surface area contributed by atoms with Crippen molar-refractivity contribution in [3.63, 3.8) is 0 Å². The van der Waals surface area contributed by atoms with E-state index < -0.39 is 5.91 Å². The van der Waals surface area contributed by atoms with Crippen molar-refractivity contribution in [1.29, 1.82) is 0 Å². The summed E-state index contributed by atoms with van der Waals surface area (Å²) < 4.78 is 0. The third-order valence-electron chi connectivity index (χ3n) is 3.49. The first-order chi connectivity index (χ1) is 12.0. The molecule has 3 aromatic rings. The largest absolute Gasteiger partial charge is 0.339 e. The highest BCUT2D eigenvalue weighted by molar-refractivity contribution is 6.39. The Morgan fingerprint density at radius 1 is 0.960 bits per heavy atom. The van der Waals surface area contributed by atoms with Gasteiger partial charge in [-0.2, -0.15) is 0 Å². The summed E-state index contributed by atoms with van der Waals surface area (Å²) in [7, 11) is 0. The Bertz CT molecular complexity index is 893. The van der Waals surface area contributed by atoms with Crippen LogP contribution < -0.4 is 10.6 Å². The molecule has 0 atom stereocenters. The summed E-state index contributed by atoms with van der Waals surface area (Å²) in [4.78, 5) is 20.6. The van der Waals surface area contributed by atoms with Gasteiger partial charge in [0.1, 0.15) is 11.5 Å². The Labute approximate surface area is 155 Å². The molecule has 0 radical (unpaired) electrons. The Morgan fingerprint density at radius 2 is 1.68 bits per heavy atom. The molecular formula is C18H14Cl2N4O. The van der Waals surface area contributed by atoms with Crippen LogP contribution >= 0.6 is 23.2 Å². The SMILES string of the molecule is Cc1ccccc1Nc1cnc(C(=O)Nc2c(Cl)cccc2Cl)cn1. The second-order valence-corrected chi connectivity index (χ2v) is 6.09. The van der Waals surface area contributed by atoms with E-state index in [0.717, 1.165) is 11.3 Å². The minimum atomic E-state index is -0.440. The Morgan fingerprint density at radius 3 is 2.32 bits per heavy atom. The van der Waals surface area contributed by atoms with E-state index >= 15 is 0 Å². The summed E-state index contributed by atoms with van der Waals surface area (Å²) in [5.41, 5.74) is 2.52. The van der Waals surface area contributed by atoms with E-state index in [2.05, 4.69) is 20.6 Å². The van der Waals surface area contributed by atoms with Gasteiger partial charge < -0.3 is 10.6 Å². The first-order valence-electron chi connectivity index (χ1n) is 7.44. The smallest absolute Gasteiger partial charge is 0.275 e. The molecule has 0 aliphatic heterocycles. The number of aromatic nitrogens is 2. The molecule has 2 aromatic carbocycles. The van der Waals surface area contributed by atoms with Crippen molar-refractivity contribution in [3.05, 3.63) is 76.2 Å². The lowest BCUT2D eigenvalue weighted by atomic mass is 10.2. The highest BCUT2D eigenvalue weighted by Gasteiger charge is 2.13. The Kier molecular flexibility index (Phi) is 5.16. The van der Waals surface area contributed by atoms with E-state index in [9.17, 15) is 4.79 Å². The van der Waals surface area contributed by atoms with Gasteiger partial charge in [-0.15, -0.1) is 0 Å². The summed E-state index contributed by atoms with van der Waals surface area (Å²) in [6.07, 6.45) is 2.89. The van der Waals surface area contributed by atoms with Crippen LogP contribution in [0, 0.1) is 6.92 Å². The molecule has 0 saturated carbocycles. The highest BCUT2D eigenvalue weighted by atomic mass is 35.5. The quantitative estimate of drug-likeness (QED) is 0.669. The van der Waals surface area contributed by atoms with Gasteiger partial charge in [0.05, 0.1) is 28.1 Å². The predicted molar refractivity (Wildman–Crippen MR) is 101 cm³/mol. The summed E-state index contributed by atoms with van der Waals surface area (Å²) >= 11 is 12.1. The lowest BCUT2D eigenvalue weighted by Gasteiger charge is -2.10. The van der Waals surface area contributed by atoms with Crippen molar-refractivity contribution in [2.45, 2.75) is 6.92 Å². The number of nitrogens with one attached hydrogen (secondary N) is 2. The topological polar surface area (TPSA) is 66.9 Å². The van der Waals surface area contributed by atoms with Crippen molar-refractivity contribution in [3.8, 4) is 0 Å². The van der Waals surface area contributed by atoms with E-state index in [4.69, 9.17) is 23.2 Å². The van der Waals surface area contributed by atoms with E-state index in [1.54, 1.807) is 18.2 Å². The molecule has 126 valence electrons. The standard InChI is InChI=1S/C18H14Cl2N4O/c1-11-5-2-3-8-14(11)23-16-10-21-15(9-22-16)18(25)24-17-12(19)6-4-7-13(17)20/h2-10H,1H3,(H,22,23)(H,24,25). The molecular weight excluding hydrogens is 359 g/mol. The van der Waals surface area contributed by atoms with Gasteiger partial charge in [-0.1, -0.05) is 47.5 Å². The second-order valence-electron chi connectivity index (χ2n) is 5.28. The van der Waals surface area contributed by atoms with Crippen LogP contribution in [-0.2, 0) is 0 Å². The summed E-state index contributed by atoms with van der Waals surface area (Å²) in [5.74, 6) is 0.103. The number of carbonyl (C=O) groups excluding carboxylic acids is 1. The zero-order valence-electron chi connectivity index (χ0n) is 13.3. The van der Waals surface area contributed by atoms with Crippen LogP contribution in [0.25, 0.3) is 0 Å². The lowest BCUT2D eigenvalue weighted by Crippen LogP contribution is -2.15. The predicted octanol–water partition coefficient (Wildman–Crippen LogP) is 5.09. The van der Waals surface area contributed by atoms with Crippen LogP contribution in [-0.4, -0.2) is 15.9 Å². The van der Waals surface area contributed by atoms with Crippen molar-refractivity contribution in [1.82, 2.24) is 9.97 Å². The van der Waals surface area contributed by atoms with E-state index in [0.29, 0.717) is 21.6 Å². The molecule has 0 aliphatic carbocycles. The molecule has 1 amide bonds. The molecule has 0 unspecified atom stereocenters. The van der Waals surface area contributed by atoms with Crippen LogP contribution in [0.4, 0.5) is 17.2 Å². The fourth-order valence-electron chi connectivity index (χ4n) is 2.16. The lowest BCUT2D eigenvalue weighted by molar-refractivity contribution is 0.102. The number of halogens is 2. The molecule has 0 fully saturated rings. The third kappa shape index (κ3) is 4.07. The first-order valence-corrected chi connectivity index (χ1v) is 8.20. The van der Waals surface area contributed by atoms with Crippen LogP contribution in [0.5, 0.6) is 0 Å². The van der Waals surface area contributed by atoms with Gasteiger partial charge in [0.15, 0.2) is 0 Å². The molecule has 0 spiro atoms. The van der Waals surface area contributed by atoms with Crippen LogP contribution in [0.3, 0.4) is 0 Å². The number of hydrogen-bond donors (Lipinski definition) is 2. The molecule has 1 heterocycles. The van der Waals surface area contributed by atoms with Crippen LogP contribution in [0.2, 0.25) is 10.0 Å². The van der Waals surface area contributed by atoms with Gasteiger partial charge in [-0.05, 0) is 30.7 Å². The molecule has 0 bridgehead atoms. The molecule has 2 N–H and O–H groups in total. The number of amides is 1. The average molecular weight is 373 g/mol. The van der Waals surface area contributed by atoms with E-state index in [1.807, 2.05) is 31.2 Å². The summed E-state index contributed by atoms with van der Waals surface area (Å²) in [5, 5.41) is 6.51. The molecule has 0 saturated heterocycles.